The molecule has 0 aliphatic rings. The molecule has 0 aliphatic carbocycles. The lowest BCUT2D eigenvalue weighted by molar-refractivity contribution is -0.158. The molecular weight excluding hydrogens is 170 g/mol. The summed E-state index contributed by atoms with van der Waals surface area (Å²) < 4.78 is 4.94. The van der Waals surface area contributed by atoms with E-state index in [9.17, 15) is 4.79 Å². The smallest absolute Gasteiger partial charge is 0.336 e. The summed E-state index contributed by atoms with van der Waals surface area (Å²) in [6.45, 7) is 5.81. The number of aliphatic hydroxyl groups excluding tert-OH is 1. The van der Waals surface area contributed by atoms with Crippen LogP contribution in [0.3, 0.4) is 0 Å². The highest BCUT2D eigenvalue weighted by Gasteiger charge is 2.17. The molecule has 2 atom stereocenters. The van der Waals surface area contributed by atoms with E-state index in [1.165, 1.54) is 0 Å². The number of hydrogen-bond acceptors (Lipinski definition) is 4. The third-order valence-corrected chi connectivity index (χ3v) is 1.62. The molecule has 0 aromatic rings. The molecule has 4 heteroatoms. The molecule has 0 saturated heterocycles. The molecule has 4 nitrogen and oxygen atoms in total. The molecule has 1 unspecified atom stereocenters. The van der Waals surface area contributed by atoms with Crippen LogP contribution in [0.15, 0.2) is 0 Å². The van der Waals surface area contributed by atoms with E-state index in [1.54, 1.807) is 6.92 Å². The summed E-state index contributed by atoms with van der Waals surface area (Å²) in [6, 6.07) is 0. The second-order valence-electron chi connectivity index (χ2n) is 3.63. The molecule has 0 radical (unpaired) electrons. The quantitative estimate of drug-likeness (QED) is 0.609. The van der Waals surface area contributed by atoms with Crippen LogP contribution in [0, 0.1) is 5.92 Å². The molecule has 0 bridgehead atoms. The van der Waals surface area contributed by atoms with Crippen molar-refractivity contribution >= 4 is 5.97 Å². The van der Waals surface area contributed by atoms with E-state index in [4.69, 9.17) is 15.6 Å². The number of carbonyl (C=O) groups excluding carboxylic acids is 1. The Morgan fingerprint density at radius 3 is 2.38 bits per heavy atom. The van der Waals surface area contributed by atoms with E-state index >= 15 is 0 Å². The van der Waals surface area contributed by atoms with Crippen LogP contribution >= 0.6 is 0 Å². The number of ether oxygens (including phenoxy) is 1. The summed E-state index contributed by atoms with van der Waals surface area (Å²) in [5.41, 5.74) is 5.10. The highest BCUT2D eigenvalue weighted by Crippen LogP contribution is 2.08. The fraction of sp³-hybridized carbons (Fsp3) is 0.889. The van der Waals surface area contributed by atoms with Crippen molar-refractivity contribution in [1.82, 2.24) is 0 Å². The molecular formula is C9H19NO3. The second kappa shape index (κ2) is 5.94. The Labute approximate surface area is 79.1 Å². The van der Waals surface area contributed by atoms with E-state index in [0.29, 0.717) is 5.92 Å². The Hall–Kier alpha value is -0.610. The Bertz CT molecular complexity index is 159. The van der Waals surface area contributed by atoms with Crippen LogP contribution in [0.25, 0.3) is 0 Å². The first-order valence-electron chi connectivity index (χ1n) is 4.56. The average molecular weight is 189 g/mol. The van der Waals surface area contributed by atoms with Crippen LogP contribution in [0.1, 0.15) is 27.2 Å². The molecule has 3 N–H and O–H groups in total. The summed E-state index contributed by atoms with van der Waals surface area (Å²) in [5.74, 6) is -0.159. The molecule has 78 valence electrons. The molecule has 0 spiro atoms. The van der Waals surface area contributed by atoms with Crippen molar-refractivity contribution in [3.05, 3.63) is 0 Å². The zero-order chi connectivity index (χ0) is 10.4. The first-order chi connectivity index (χ1) is 5.97. The zero-order valence-electron chi connectivity index (χ0n) is 8.49. The molecule has 0 saturated carbocycles. The van der Waals surface area contributed by atoms with Gasteiger partial charge in [-0.15, -0.1) is 0 Å². The Morgan fingerprint density at radius 1 is 1.46 bits per heavy atom. The van der Waals surface area contributed by atoms with Crippen LogP contribution in [0.5, 0.6) is 0 Å². The minimum atomic E-state index is -1.19. The van der Waals surface area contributed by atoms with Crippen LogP contribution in [-0.2, 0) is 9.53 Å². The molecule has 13 heavy (non-hydrogen) atoms. The molecule has 0 aromatic heterocycles. The van der Waals surface area contributed by atoms with Gasteiger partial charge in [0.15, 0.2) is 6.10 Å². The van der Waals surface area contributed by atoms with Gasteiger partial charge in [-0.3, -0.25) is 0 Å². The summed E-state index contributed by atoms with van der Waals surface area (Å²) >= 11 is 0. The van der Waals surface area contributed by atoms with Gasteiger partial charge in [0.25, 0.3) is 0 Å². The maximum absolute atomic E-state index is 11.0. The van der Waals surface area contributed by atoms with Crippen molar-refractivity contribution in [1.29, 1.82) is 0 Å². The zero-order valence-corrected chi connectivity index (χ0v) is 8.49. The first kappa shape index (κ1) is 12.4. The lowest BCUT2D eigenvalue weighted by atomic mass is 10.1. The van der Waals surface area contributed by atoms with Gasteiger partial charge in [-0.05, 0) is 19.3 Å². The Balaban J connectivity index is 3.77. The molecule has 0 aromatic carbocycles. The summed E-state index contributed by atoms with van der Waals surface area (Å²) in [5, 5.41) is 9.01. The van der Waals surface area contributed by atoms with E-state index in [0.717, 1.165) is 6.42 Å². The molecule has 0 heterocycles. The Kier molecular flexibility index (Phi) is 5.66. The minimum absolute atomic E-state index is 0.0900. The first-order valence-corrected chi connectivity index (χ1v) is 4.56. The fourth-order valence-electron chi connectivity index (χ4n) is 1.09. The maximum Gasteiger partial charge on any atom is 0.336 e. The van der Waals surface area contributed by atoms with Crippen molar-refractivity contribution in [2.24, 2.45) is 11.7 Å². The number of carbonyl (C=O) groups is 1. The van der Waals surface area contributed by atoms with Crippen LogP contribution in [0.2, 0.25) is 0 Å². The van der Waals surface area contributed by atoms with Gasteiger partial charge in [-0.1, -0.05) is 13.8 Å². The molecule has 0 fully saturated rings. The lowest BCUT2D eigenvalue weighted by Crippen LogP contribution is -2.33. The third kappa shape index (κ3) is 5.60. The van der Waals surface area contributed by atoms with Gasteiger partial charge in [0.2, 0.25) is 0 Å². The molecule has 0 aliphatic heterocycles. The number of nitrogens with two attached hydrogens (primary N) is 1. The van der Waals surface area contributed by atoms with Crippen LogP contribution in [0.4, 0.5) is 0 Å². The largest absolute Gasteiger partial charge is 0.461 e. The van der Waals surface area contributed by atoms with E-state index in [1.807, 2.05) is 13.8 Å². The van der Waals surface area contributed by atoms with E-state index in [-0.39, 0.29) is 12.6 Å². The second-order valence-corrected chi connectivity index (χ2v) is 3.63. The average Bonchev–Trinajstić information content (AvgIpc) is 2.01. The SMILES string of the molecule is CC(C)CC(C)OC(=O)[C@@H](O)CN. The highest BCUT2D eigenvalue weighted by molar-refractivity contribution is 5.74. The topological polar surface area (TPSA) is 72.5 Å². The van der Waals surface area contributed by atoms with Gasteiger partial charge in [-0.2, -0.15) is 0 Å². The van der Waals surface area contributed by atoms with Gasteiger partial charge in [0.1, 0.15) is 0 Å². The van der Waals surface area contributed by atoms with Crippen molar-refractivity contribution in [3.63, 3.8) is 0 Å². The van der Waals surface area contributed by atoms with E-state index in [2.05, 4.69) is 0 Å². The van der Waals surface area contributed by atoms with Gasteiger partial charge in [0, 0.05) is 6.54 Å². The van der Waals surface area contributed by atoms with Crippen molar-refractivity contribution < 1.29 is 14.6 Å². The van der Waals surface area contributed by atoms with Crippen molar-refractivity contribution in [2.75, 3.05) is 6.54 Å². The lowest BCUT2D eigenvalue weighted by Gasteiger charge is -2.16. The van der Waals surface area contributed by atoms with Gasteiger partial charge in [0.05, 0.1) is 6.10 Å². The predicted octanol–water partition coefficient (Wildman–Crippen LogP) is 0.284. The maximum atomic E-state index is 11.0. The summed E-state index contributed by atoms with van der Waals surface area (Å²) in [7, 11) is 0. The normalized spacial score (nSPS) is 15.5. The minimum Gasteiger partial charge on any atom is -0.461 e. The van der Waals surface area contributed by atoms with Gasteiger partial charge in [-0.25, -0.2) is 4.79 Å². The highest BCUT2D eigenvalue weighted by atomic mass is 16.6. The standard InChI is InChI=1S/C9H19NO3/c1-6(2)4-7(3)13-9(12)8(11)5-10/h6-8,11H,4-5,10H2,1-3H3/t7?,8-/m0/s1. The van der Waals surface area contributed by atoms with Gasteiger partial charge >= 0.3 is 5.97 Å². The fourth-order valence-corrected chi connectivity index (χ4v) is 1.09. The summed E-state index contributed by atoms with van der Waals surface area (Å²) in [6.07, 6.45) is -0.549. The van der Waals surface area contributed by atoms with Crippen molar-refractivity contribution in [3.8, 4) is 0 Å². The number of esters is 1. The molecule has 0 rings (SSSR count). The third-order valence-electron chi connectivity index (χ3n) is 1.62. The van der Waals surface area contributed by atoms with Gasteiger partial charge < -0.3 is 15.6 Å². The number of rotatable bonds is 5. The number of hydrogen-bond donors (Lipinski definition) is 2. The Morgan fingerprint density at radius 2 is 2.00 bits per heavy atom. The van der Waals surface area contributed by atoms with Crippen LogP contribution < -0.4 is 5.73 Å². The number of aliphatic hydroxyl groups is 1. The predicted molar refractivity (Wildman–Crippen MR) is 50.1 cm³/mol. The van der Waals surface area contributed by atoms with E-state index < -0.39 is 12.1 Å². The van der Waals surface area contributed by atoms with Crippen LogP contribution in [-0.4, -0.2) is 29.8 Å². The molecule has 0 amide bonds. The summed E-state index contributed by atoms with van der Waals surface area (Å²) in [4.78, 5) is 11.0. The van der Waals surface area contributed by atoms with Crippen molar-refractivity contribution in [2.45, 2.75) is 39.4 Å². The monoisotopic (exact) mass is 189 g/mol.